The summed E-state index contributed by atoms with van der Waals surface area (Å²) in [6.07, 6.45) is 5.20. The van der Waals surface area contributed by atoms with E-state index in [0.29, 0.717) is 11.1 Å². The van der Waals surface area contributed by atoms with Crippen LogP contribution in [0.1, 0.15) is 18.4 Å². The molecule has 1 aliphatic carbocycles. The molecule has 0 saturated heterocycles. The summed E-state index contributed by atoms with van der Waals surface area (Å²) in [7, 11) is 0. The van der Waals surface area contributed by atoms with Gasteiger partial charge in [0.15, 0.2) is 0 Å². The molecule has 0 N–H and O–H groups in total. The van der Waals surface area contributed by atoms with Crippen LogP contribution in [0.15, 0.2) is 54.1 Å². The Bertz CT molecular complexity index is 489. The van der Waals surface area contributed by atoms with Crippen LogP contribution < -0.4 is 0 Å². The summed E-state index contributed by atoms with van der Waals surface area (Å²) in [6, 6.07) is 5.11. The van der Waals surface area contributed by atoms with E-state index in [9.17, 15) is 13.2 Å². The van der Waals surface area contributed by atoms with Crippen LogP contribution in [0, 0.1) is 5.82 Å². The summed E-state index contributed by atoms with van der Waals surface area (Å²) in [5.41, 5.74) is 0.730. The van der Waals surface area contributed by atoms with E-state index >= 15 is 0 Å². The predicted octanol–water partition coefficient (Wildman–Crippen LogP) is 4.71. The van der Waals surface area contributed by atoms with Crippen molar-refractivity contribution < 1.29 is 13.2 Å². The third-order valence-electron chi connectivity index (χ3n) is 2.61. The number of hydrogen-bond donors (Lipinski definition) is 0. The van der Waals surface area contributed by atoms with Crippen LogP contribution >= 0.6 is 0 Å². The summed E-state index contributed by atoms with van der Waals surface area (Å²) >= 11 is 0. The molecule has 0 spiro atoms. The van der Waals surface area contributed by atoms with Crippen LogP contribution in [0.4, 0.5) is 13.2 Å². The Morgan fingerprint density at radius 1 is 1.00 bits per heavy atom. The Kier molecular flexibility index (Phi) is 3.47. The molecule has 0 saturated carbocycles. The maximum atomic E-state index is 13.0. The maximum absolute atomic E-state index is 13.0. The summed E-state index contributed by atoms with van der Waals surface area (Å²) in [6.45, 7) is 0. The quantitative estimate of drug-likeness (QED) is 0.697. The molecule has 0 unspecified atom stereocenters. The van der Waals surface area contributed by atoms with Crippen molar-refractivity contribution in [2.45, 2.75) is 12.8 Å². The Hall–Kier alpha value is -1.77. The maximum Gasteiger partial charge on any atom is 0.278 e. The van der Waals surface area contributed by atoms with Crippen molar-refractivity contribution >= 4 is 5.57 Å². The van der Waals surface area contributed by atoms with E-state index < -0.39 is 11.9 Å². The molecule has 0 radical (unpaired) electrons. The van der Waals surface area contributed by atoms with Gasteiger partial charge in [-0.3, -0.25) is 0 Å². The highest BCUT2D eigenvalue weighted by Gasteiger charge is 2.14. The second kappa shape index (κ2) is 5.04. The van der Waals surface area contributed by atoms with Crippen molar-refractivity contribution in [1.29, 1.82) is 0 Å². The van der Waals surface area contributed by atoms with Gasteiger partial charge >= 0.3 is 0 Å². The fourth-order valence-electron chi connectivity index (χ4n) is 1.80. The molecule has 1 aromatic carbocycles. The number of benzene rings is 1. The normalized spacial score (nSPS) is 14.4. The van der Waals surface area contributed by atoms with Crippen molar-refractivity contribution in [3.05, 3.63) is 65.5 Å². The van der Waals surface area contributed by atoms with Crippen LogP contribution in [0.5, 0.6) is 0 Å². The van der Waals surface area contributed by atoms with Crippen molar-refractivity contribution in [2.75, 3.05) is 0 Å². The third kappa shape index (κ3) is 2.67. The van der Waals surface area contributed by atoms with Gasteiger partial charge in [-0.25, -0.2) is 4.39 Å². The van der Waals surface area contributed by atoms with Gasteiger partial charge in [0, 0.05) is 0 Å². The molecule has 0 aromatic heterocycles. The summed E-state index contributed by atoms with van der Waals surface area (Å²) in [4.78, 5) is 0. The van der Waals surface area contributed by atoms with Crippen LogP contribution in [-0.4, -0.2) is 0 Å². The SMILES string of the molecule is FC(F)=C(C1=CCCC=C1)c1ccc(F)cc1. The predicted molar refractivity (Wildman–Crippen MR) is 62.0 cm³/mol. The van der Waals surface area contributed by atoms with E-state index in [1.807, 2.05) is 6.08 Å². The van der Waals surface area contributed by atoms with Gasteiger partial charge in [-0.1, -0.05) is 30.4 Å². The molecule has 0 amide bonds. The smallest absolute Gasteiger partial charge is 0.207 e. The lowest BCUT2D eigenvalue weighted by molar-refractivity contribution is 0.426. The van der Waals surface area contributed by atoms with Gasteiger partial charge in [0.2, 0.25) is 0 Å². The van der Waals surface area contributed by atoms with Gasteiger partial charge in [0.1, 0.15) is 5.82 Å². The first-order valence-corrected chi connectivity index (χ1v) is 5.37. The Morgan fingerprint density at radius 3 is 2.24 bits per heavy atom. The summed E-state index contributed by atoms with van der Waals surface area (Å²) < 4.78 is 38.7. The van der Waals surface area contributed by atoms with Crippen LogP contribution in [0.3, 0.4) is 0 Å². The van der Waals surface area contributed by atoms with Crippen LogP contribution in [0.25, 0.3) is 5.57 Å². The first-order chi connectivity index (χ1) is 8.18. The average Bonchev–Trinajstić information content (AvgIpc) is 2.33. The first kappa shape index (κ1) is 11.7. The van der Waals surface area contributed by atoms with Gasteiger partial charge in [0.05, 0.1) is 5.57 Å². The molecule has 3 heteroatoms. The van der Waals surface area contributed by atoms with E-state index in [2.05, 4.69) is 0 Å². The number of rotatable bonds is 2. The Labute approximate surface area is 97.8 Å². The molecule has 2 rings (SSSR count). The number of hydrogen-bond acceptors (Lipinski definition) is 0. The molecule has 0 heterocycles. The molecular formula is C14H11F3. The minimum atomic E-state index is -1.74. The zero-order chi connectivity index (χ0) is 12.3. The Balaban J connectivity index is 2.44. The van der Waals surface area contributed by atoms with Crippen LogP contribution in [0.2, 0.25) is 0 Å². The highest BCUT2D eigenvalue weighted by atomic mass is 19.3. The minimum absolute atomic E-state index is 0.110. The molecule has 17 heavy (non-hydrogen) atoms. The van der Waals surface area contributed by atoms with Crippen molar-refractivity contribution in [3.8, 4) is 0 Å². The summed E-state index contributed by atoms with van der Waals surface area (Å²) in [5, 5.41) is 0. The van der Waals surface area contributed by atoms with E-state index in [1.54, 1.807) is 12.2 Å². The molecule has 1 aromatic rings. The Morgan fingerprint density at radius 2 is 1.71 bits per heavy atom. The standard InChI is InChI=1S/C14H11F3/c15-12-8-6-11(7-9-12)13(14(16)17)10-4-2-1-3-5-10/h2,4-9H,1,3H2. The van der Waals surface area contributed by atoms with E-state index in [0.717, 1.165) is 12.8 Å². The second-order valence-electron chi connectivity index (χ2n) is 3.78. The van der Waals surface area contributed by atoms with E-state index in [-0.39, 0.29) is 5.57 Å². The zero-order valence-electron chi connectivity index (χ0n) is 9.09. The molecule has 0 nitrogen and oxygen atoms in total. The average molecular weight is 236 g/mol. The third-order valence-corrected chi connectivity index (χ3v) is 2.61. The largest absolute Gasteiger partial charge is 0.278 e. The van der Waals surface area contributed by atoms with Gasteiger partial charge in [-0.15, -0.1) is 0 Å². The fraction of sp³-hybridized carbons (Fsp3) is 0.143. The van der Waals surface area contributed by atoms with Gasteiger partial charge in [-0.2, -0.15) is 8.78 Å². The topological polar surface area (TPSA) is 0 Å². The monoisotopic (exact) mass is 236 g/mol. The molecule has 1 aliphatic rings. The lowest BCUT2D eigenvalue weighted by Gasteiger charge is -2.11. The highest BCUT2D eigenvalue weighted by molar-refractivity contribution is 5.82. The number of allylic oxidation sites excluding steroid dienone is 5. The first-order valence-electron chi connectivity index (χ1n) is 5.37. The van der Waals surface area contributed by atoms with E-state index in [1.165, 1.54) is 24.3 Å². The van der Waals surface area contributed by atoms with Gasteiger partial charge in [0.25, 0.3) is 6.08 Å². The molecule has 88 valence electrons. The molecule has 0 aliphatic heterocycles. The molecule has 0 bridgehead atoms. The van der Waals surface area contributed by atoms with Crippen molar-refractivity contribution in [3.63, 3.8) is 0 Å². The zero-order valence-corrected chi connectivity index (χ0v) is 9.09. The van der Waals surface area contributed by atoms with Crippen LogP contribution in [-0.2, 0) is 0 Å². The van der Waals surface area contributed by atoms with Gasteiger partial charge < -0.3 is 0 Å². The second-order valence-corrected chi connectivity index (χ2v) is 3.78. The lowest BCUT2D eigenvalue weighted by atomic mass is 9.95. The molecular weight excluding hydrogens is 225 g/mol. The van der Waals surface area contributed by atoms with Gasteiger partial charge in [-0.05, 0) is 36.1 Å². The van der Waals surface area contributed by atoms with Crippen molar-refractivity contribution in [1.82, 2.24) is 0 Å². The minimum Gasteiger partial charge on any atom is -0.207 e. The summed E-state index contributed by atoms with van der Waals surface area (Å²) in [5.74, 6) is -0.430. The lowest BCUT2D eigenvalue weighted by Crippen LogP contribution is -1.93. The molecule has 0 atom stereocenters. The van der Waals surface area contributed by atoms with Crippen molar-refractivity contribution in [2.24, 2.45) is 0 Å². The molecule has 0 fully saturated rings. The fourth-order valence-corrected chi connectivity index (χ4v) is 1.80. The number of halogens is 3. The highest BCUT2D eigenvalue weighted by Crippen LogP contribution is 2.31. The van der Waals surface area contributed by atoms with E-state index in [4.69, 9.17) is 0 Å².